The van der Waals surface area contributed by atoms with Crippen LogP contribution < -0.4 is 5.32 Å². The Morgan fingerprint density at radius 2 is 1.87 bits per heavy atom. The Morgan fingerprint density at radius 1 is 1.27 bits per heavy atom. The molecule has 0 bridgehead atoms. The van der Waals surface area contributed by atoms with Gasteiger partial charge in [0.25, 0.3) is 0 Å². The number of carbonyl (C=O) groups is 3. The maximum Gasteiger partial charge on any atom is 0.306 e. The zero-order valence-electron chi connectivity index (χ0n) is 9.33. The van der Waals surface area contributed by atoms with E-state index in [0.29, 0.717) is 0 Å². The summed E-state index contributed by atoms with van der Waals surface area (Å²) in [7, 11) is 0. The molecule has 86 valence electrons. The average molecular weight is 215 g/mol. The highest BCUT2D eigenvalue weighted by molar-refractivity contribution is 5.95. The van der Waals surface area contributed by atoms with Crippen LogP contribution in [0.1, 0.15) is 40.0 Å². The monoisotopic (exact) mass is 215 g/mol. The van der Waals surface area contributed by atoms with E-state index in [-0.39, 0.29) is 18.9 Å². The Labute approximate surface area is 89.2 Å². The Balaban J connectivity index is 3.71. The highest BCUT2D eigenvalue weighted by Gasteiger charge is 2.11. The molecule has 15 heavy (non-hydrogen) atoms. The molecule has 0 aliphatic rings. The predicted molar refractivity (Wildman–Crippen MR) is 53.9 cm³/mol. The summed E-state index contributed by atoms with van der Waals surface area (Å²) in [6.45, 7) is 4.93. The molecule has 5 nitrogen and oxygen atoms in total. The van der Waals surface area contributed by atoms with Crippen LogP contribution in [-0.2, 0) is 19.1 Å². The molecule has 1 N–H and O–H groups in total. The zero-order chi connectivity index (χ0) is 11.8. The molecule has 0 radical (unpaired) electrons. The minimum Gasteiger partial charge on any atom is -0.463 e. The summed E-state index contributed by atoms with van der Waals surface area (Å²) < 4.78 is 4.95. The molecule has 0 aliphatic heterocycles. The second-order valence-electron chi connectivity index (χ2n) is 3.31. The van der Waals surface area contributed by atoms with Gasteiger partial charge in [-0.05, 0) is 13.3 Å². The SMILES string of the molecule is CCC(C)OC(=O)CCC(=O)NC(C)=O. The second kappa shape index (κ2) is 6.98. The lowest BCUT2D eigenvalue weighted by Crippen LogP contribution is -2.28. The number of amides is 2. The first kappa shape index (κ1) is 13.6. The number of hydrogen-bond acceptors (Lipinski definition) is 4. The molecule has 1 unspecified atom stereocenters. The number of rotatable bonds is 5. The fourth-order valence-corrected chi connectivity index (χ4v) is 0.841. The minimum atomic E-state index is -0.455. The van der Waals surface area contributed by atoms with Gasteiger partial charge >= 0.3 is 5.97 Å². The van der Waals surface area contributed by atoms with E-state index in [4.69, 9.17) is 4.74 Å². The first-order chi connectivity index (χ1) is 6.95. The Morgan fingerprint density at radius 3 is 2.33 bits per heavy atom. The summed E-state index contributed by atoms with van der Waals surface area (Å²) >= 11 is 0. The molecule has 0 aromatic rings. The fourth-order valence-electron chi connectivity index (χ4n) is 0.841. The molecule has 0 heterocycles. The maximum atomic E-state index is 11.1. The van der Waals surface area contributed by atoms with Crippen LogP contribution in [0, 0.1) is 0 Å². The number of nitrogens with one attached hydrogen (secondary N) is 1. The Hall–Kier alpha value is -1.39. The molecular formula is C10H17NO4. The van der Waals surface area contributed by atoms with E-state index < -0.39 is 17.8 Å². The number of esters is 1. The summed E-state index contributed by atoms with van der Waals surface area (Å²) in [5.74, 6) is -1.29. The van der Waals surface area contributed by atoms with Gasteiger partial charge < -0.3 is 4.74 Å². The lowest BCUT2D eigenvalue weighted by Gasteiger charge is -2.10. The van der Waals surface area contributed by atoms with Crippen LogP contribution in [0.3, 0.4) is 0 Å². The largest absolute Gasteiger partial charge is 0.463 e. The van der Waals surface area contributed by atoms with Gasteiger partial charge in [-0.2, -0.15) is 0 Å². The van der Waals surface area contributed by atoms with Gasteiger partial charge in [0.15, 0.2) is 0 Å². The summed E-state index contributed by atoms with van der Waals surface area (Å²) in [6, 6.07) is 0. The van der Waals surface area contributed by atoms with Crippen LogP contribution in [-0.4, -0.2) is 23.9 Å². The standard InChI is InChI=1S/C10H17NO4/c1-4-7(2)15-10(14)6-5-9(13)11-8(3)12/h7H,4-6H2,1-3H3,(H,11,12,13). The topological polar surface area (TPSA) is 72.5 Å². The third-order valence-corrected chi connectivity index (χ3v) is 1.78. The van der Waals surface area contributed by atoms with Crippen molar-refractivity contribution < 1.29 is 19.1 Å². The molecule has 0 rings (SSSR count). The van der Waals surface area contributed by atoms with E-state index in [1.165, 1.54) is 6.92 Å². The number of hydrogen-bond donors (Lipinski definition) is 1. The first-order valence-corrected chi connectivity index (χ1v) is 4.95. The van der Waals surface area contributed by atoms with E-state index in [0.717, 1.165) is 6.42 Å². The summed E-state index contributed by atoms with van der Waals surface area (Å²) in [4.78, 5) is 32.6. The second-order valence-corrected chi connectivity index (χ2v) is 3.31. The predicted octanol–water partition coefficient (Wildman–Crippen LogP) is 0.771. The van der Waals surface area contributed by atoms with E-state index in [1.807, 2.05) is 6.92 Å². The molecule has 2 amide bonds. The highest BCUT2D eigenvalue weighted by atomic mass is 16.5. The summed E-state index contributed by atoms with van der Waals surface area (Å²) in [6.07, 6.45) is 0.595. The van der Waals surface area contributed by atoms with E-state index in [1.54, 1.807) is 6.92 Å². The molecule has 0 aromatic carbocycles. The van der Waals surface area contributed by atoms with E-state index >= 15 is 0 Å². The van der Waals surface area contributed by atoms with Gasteiger partial charge in [0.05, 0.1) is 12.5 Å². The quantitative estimate of drug-likeness (QED) is 0.687. The number of imide groups is 1. The molecule has 0 fully saturated rings. The minimum absolute atomic E-state index is 0.00343. The van der Waals surface area contributed by atoms with E-state index in [9.17, 15) is 14.4 Å². The van der Waals surface area contributed by atoms with Gasteiger partial charge in [0.2, 0.25) is 11.8 Å². The third kappa shape index (κ3) is 7.66. The molecule has 0 saturated heterocycles. The van der Waals surface area contributed by atoms with Crippen molar-refractivity contribution in [3.05, 3.63) is 0 Å². The van der Waals surface area contributed by atoms with Crippen molar-refractivity contribution in [1.82, 2.24) is 5.32 Å². The van der Waals surface area contributed by atoms with Crippen LogP contribution >= 0.6 is 0 Å². The van der Waals surface area contributed by atoms with Crippen molar-refractivity contribution in [2.24, 2.45) is 0 Å². The molecule has 1 atom stereocenters. The lowest BCUT2D eigenvalue weighted by atomic mass is 10.3. The van der Waals surface area contributed by atoms with Crippen molar-refractivity contribution in [1.29, 1.82) is 0 Å². The van der Waals surface area contributed by atoms with Gasteiger partial charge in [-0.15, -0.1) is 0 Å². The van der Waals surface area contributed by atoms with Crippen LogP contribution in [0.5, 0.6) is 0 Å². The summed E-state index contributed by atoms with van der Waals surface area (Å²) in [5.41, 5.74) is 0. The van der Waals surface area contributed by atoms with Crippen molar-refractivity contribution in [2.75, 3.05) is 0 Å². The van der Waals surface area contributed by atoms with Gasteiger partial charge in [0.1, 0.15) is 0 Å². The maximum absolute atomic E-state index is 11.1. The van der Waals surface area contributed by atoms with Crippen molar-refractivity contribution in [3.63, 3.8) is 0 Å². The third-order valence-electron chi connectivity index (χ3n) is 1.78. The van der Waals surface area contributed by atoms with Crippen molar-refractivity contribution in [2.45, 2.75) is 46.1 Å². The van der Waals surface area contributed by atoms with Gasteiger partial charge in [-0.25, -0.2) is 0 Å². The molecule has 0 aliphatic carbocycles. The molecule has 0 saturated carbocycles. The lowest BCUT2D eigenvalue weighted by molar-refractivity contribution is -0.149. The van der Waals surface area contributed by atoms with Crippen LogP contribution in [0.15, 0.2) is 0 Å². The van der Waals surface area contributed by atoms with Gasteiger partial charge in [-0.1, -0.05) is 6.92 Å². The average Bonchev–Trinajstić information content (AvgIpc) is 2.13. The first-order valence-electron chi connectivity index (χ1n) is 4.95. The van der Waals surface area contributed by atoms with Crippen LogP contribution in [0.25, 0.3) is 0 Å². The molecular weight excluding hydrogens is 198 g/mol. The Bertz CT molecular complexity index is 250. The van der Waals surface area contributed by atoms with Crippen molar-refractivity contribution >= 4 is 17.8 Å². The van der Waals surface area contributed by atoms with Crippen LogP contribution in [0.4, 0.5) is 0 Å². The molecule has 0 spiro atoms. The van der Waals surface area contributed by atoms with Gasteiger partial charge in [-0.3, -0.25) is 19.7 Å². The van der Waals surface area contributed by atoms with Gasteiger partial charge in [0, 0.05) is 13.3 Å². The normalized spacial score (nSPS) is 11.7. The Kier molecular flexibility index (Phi) is 6.33. The van der Waals surface area contributed by atoms with E-state index in [2.05, 4.69) is 5.32 Å². The zero-order valence-corrected chi connectivity index (χ0v) is 9.33. The van der Waals surface area contributed by atoms with Crippen LogP contribution in [0.2, 0.25) is 0 Å². The fraction of sp³-hybridized carbons (Fsp3) is 0.700. The number of ether oxygens (including phenoxy) is 1. The molecule has 5 heteroatoms. The van der Waals surface area contributed by atoms with Crippen molar-refractivity contribution in [3.8, 4) is 0 Å². The molecule has 0 aromatic heterocycles. The number of carbonyl (C=O) groups excluding carboxylic acids is 3. The highest BCUT2D eigenvalue weighted by Crippen LogP contribution is 2.00. The summed E-state index contributed by atoms with van der Waals surface area (Å²) in [5, 5.41) is 2.08. The smallest absolute Gasteiger partial charge is 0.306 e.